The van der Waals surface area contributed by atoms with Gasteiger partial charge in [0.25, 0.3) is 11.8 Å². The van der Waals surface area contributed by atoms with E-state index >= 15 is 0 Å². The molecule has 4 rings (SSSR count). The van der Waals surface area contributed by atoms with Crippen molar-refractivity contribution in [3.05, 3.63) is 59.1 Å². The molecule has 2 aromatic rings. The van der Waals surface area contributed by atoms with Gasteiger partial charge < -0.3 is 25.2 Å². The number of carbonyl (C=O) groups is 3. The molecule has 0 aliphatic carbocycles. The van der Waals surface area contributed by atoms with E-state index in [1.54, 1.807) is 29.2 Å². The van der Waals surface area contributed by atoms with Crippen molar-refractivity contribution < 1.29 is 19.1 Å². The van der Waals surface area contributed by atoms with Gasteiger partial charge in [0.05, 0.1) is 6.54 Å². The highest BCUT2D eigenvalue weighted by molar-refractivity contribution is 6.30. The minimum Gasteiger partial charge on any atom is -0.368 e. The first kappa shape index (κ1) is 23.1. The molecule has 0 bridgehead atoms. The average molecular weight is 471 g/mol. The molecule has 9 heteroatoms. The van der Waals surface area contributed by atoms with Gasteiger partial charge in [-0.3, -0.25) is 14.4 Å². The summed E-state index contributed by atoms with van der Waals surface area (Å²) in [7, 11) is 0. The van der Waals surface area contributed by atoms with Gasteiger partial charge in [0.2, 0.25) is 5.91 Å². The fraction of sp³-hybridized carbons (Fsp3) is 0.375. The molecule has 3 amide bonds. The molecule has 174 valence electrons. The minimum atomic E-state index is -0.445. The van der Waals surface area contributed by atoms with Crippen LogP contribution in [-0.4, -0.2) is 68.1 Å². The van der Waals surface area contributed by atoms with Crippen LogP contribution < -0.4 is 15.5 Å². The van der Waals surface area contributed by atoms with Crippen LogP contribution >= 0.6 is 11.6 Å². The number of halogens is 1. The van der Waals surface area contributed by atoms with Gasteiger partial charge >= 0.3 is 0 Å². The first-order valence-corrected chi connectivity index (χ1v) is 11.5. The van der Waals surface area contributed by atoms with Gasteiger partial charge in [0.15, 0.2) is 0 Å². The monoisotopic (exact) mass is 470 g/mol. The minimum absolute atomic E-state index is 0.0809. The fourth-order valence-electron chi connectivity index (χ4n) is 4.00. The van der Waals surface area contributed by atoms with Crippen LogP contribution in [0.1, 0.15) is 23.2 Å². The summed E-state index contributed by atoms with van der Waals surface area (Å²) in [6.45, 7) is 3.06. The highest BCUT2D eigenvalue weighted by Crippen LogP contribution is 2.21. The summed E-state index contributed by atoms with van der Waals surface area (Å²) in [6.07, 6.45) is 1.12. The Kier molecular flexibility index (Phi) is 7.47. The number of hydrogen-bond acceptors (Lipinski definition) is 5. The van der Waals surface area contributed by atoms with Crippen molar-refractivity contribution in [3.8, 4) is 0 Å². The molecule has 2 aromatic carbocycles. The third-order valence-corrected chi connectivity index (χ3v) is 6.06. The van der Waals surface area contributed by atoms with E-state index in [9.17, 15) is 14.4 Å². The Morgan fingerprint density at radius 1 is 1.03 bits per heavy atom. The SMILES string of the molecule is O=C(NCC(=O)N1CCN(c2cccc(Cl)c2)CC1)c1cccc(NC(=O)C2CCCO2)c1. The van der Waals surface area contributed by atoms with E-state index in [0.717, 1.165) is 12.1 Å². The summed E-state index contributed by atoms with van der Waals surface area (Å²) in [5, 5.41) is 6.15. The predicted molar refractivity (Wildman–Crippen MR) is 127 cm³/mol. The zero-order valence-electron chi connectivity index (χ0n) is 18.3. The molecule has 2 N–H and O–H groups in total. The first-order chi connectivity index (χ1) is 16.0. The van der Waals surface area contributed by atoms with E-state index in [1.807, 2.05) is 24.3 Å². The Labute approximate surface area is 197 Å². The van der Waals surface area contributed by atoms with Crippen LogP contribution in [0, 0.1) is 0 Å². The number of hydrogen-bond donors (Lipinski definition) is 2. The van der Waals surface area contributed by atoms with Gasteiger partial charge in [-0.2, -0.15) is 0 Å². The first-order valence-electron chi connectivity index (χ1n) is 11.1. The van der Waals surface area contributed by atoms with Crippen LogP contribution in [0.3, 0.4) is 0 Å². The second kappa shape index (κ2) is 10.7. The van der Waals surface area contributed by atoms with Gasteiger partial charge in [-0.15, -0.1) is 0 Å². The largest absolute Gasteiger partial charge is 0.368 e. The van der Waals surface area contributed by atoms with Gasteiger partial charge in [0.1, 0.15) is 6.10 Å². The van der Waals surface area contributed by atoms with Gasteiger partial charge in [-0.05, 0) is 49.2 Å². The number of ether oxygens (including phenoxy) is 1. The Balaban J connectivity index is 1.25. The van der Waals surface area contributed by atoms with Crippen LogP contribution in [0.15, 0.2) is 48.5 Å². The number of anilines is 2. The van der Waals surface area contributed by atoms with Crippen molar-refractivity contribution in [1.29, 1.82) is 0 Å². The molecule has 0 spiro atoms. The van der Waals surface area contributed by atoms with Crippen LogP contribution in [0.5, 0.6) is 0 Å². The van der Waals surface area contributed by atoms with Crippen molar-refractivity contribution >= 4 is 40.7 Å². The molecule has 2 aliphatic rings. The summed E-state index contributed by atoms with van der Waals surface area (Å²) in [4.78, 5) is 41.3. The molecule has 2 fully saturated rings. The normalized spacial score (nSPS) is 18.2. The number of amides is 3. The molecule has 1 atom stereocenters. The second-order valence-corrected chi connectivity index (χ2v) is 8.54. The lowest BCUT2D eigenvalue weighted by molar-refractivity contribution is -0.130. The molecular formula is C24H27ClN4O4. The van der Waals surface area contributed by atoms with E-state index in [4.69, 9.17) is 16.3 Å². The summed E-state index contributed by atoms with van der Waals surface area (Å²) < 4.78 is 5.38. The average Bonchev–Trinajstić information content (AvgIpc) is 3.38. The molecule has 0 radical (unpaired) electrons. The third-order valence-electron chi connectivity index (χ3n) is 5.82. The third kappa shape index (κ3) is 6.03. The van der Waals surface area contributed by atoms with E-state index in [1.165, 1.54) is 0 Å². The highest BCUT2D eigenvalue weighted by Gasteiger charge is 2.24. The Bertz CT molecular complexity index is 1020. The van der Waals surface area contributed by atoms with Crippen molar-refractivity contribution in [1.82, 2.24) is 10.2 Å². The number of nitrogens with one attached hydrogen (secondary N) is 2. The molecule has 0 aromatic heterocycles. The summed E-state index contributed by atoms with van der Waals surface area (Å²) in [5.74, 6) is -0.705. The van der Waals surface area contributed by atoms with Crippen molar-refractivity contribution in [2.24, 2.45) is 0 Å². The van der Waals surface area contributed by atoms with Crippen molar-refractivity contribution in [2.45, 2.75) is 18.9 Å². The zero-order chi connectivity index (χ0) is 23.2. The van der Waals surface area contributed by atoms with Gasteiger partial charge in [-0.25, -0.2) is 0 Å². The molecule has 2 aliphatic heterocycles. The number of benzene rings is 2. The van der Waals surface area contributed by atoms with E-state index in [0.29, 0.717) is 55.5 Å². The van der Waals surface area contributed by atoms with Gasteiger partial charge in [-0.1, -0.05) is 23.7 Å². The smallest absolute Gasteiger partial charge is 0.253 e. The van der Waals surface area contributed by atoms with Crippen molar-refractivity contribution in [2.75, 3.05) is 49.5 Å². The van der Waals surface area contributed by atoms with Gasteiger partial charge in [0, 0.05) is 54.7 Å². The molecule has 0 saturated carbocycles. The maximum absolute atomic E-state index is 12.6. The summed E-state index contributed by atoms with van der Waals surface area (Å²) >= 11 is 6.07. The lowest BCUT2D eigenvalue weighted by atomic mass is 10.1. The van der Waals surface area contributed by atoms with E-state index in [-0.39, 0.29) is 24.3 Å². The Morgan fingerprint density at radius 3 is 2.55 bits per heavy atom. The standard InChI is InChI=1S/C24H27ClN4O4/c25-18-5-2-7-20(15-18)28-9-11-29(12-10-28)22(30)16-26-23(31)17-4-1-6-19(14-17)27-24(32)21-8-3-13-33-21/h1-2,4-7,14-15,21H,3,8-13,16H2,(H,26,31)(H,27,32). The molecule has 1 unspecified atom stereocenters. The number of carbonyl (C=O) groups excluding carboxylic acids is 3. The fourth-order valence-corrected chi connectivity index (χ4v) is 4.19. The Morgan fingerprint density at radius 2 is 1.82 bits per heavy atom. The topological polar surface area (TPSA) is 91.0 Å². The highest BCUT2D eigenvalue weighted by atomic mass is 35.5. The Hall–Kier alpha value is -3.10. The zero-order valence-corrected chi connectivity index (χ0v) is 19.0. The van der Waals surface area contributed by atoms with Crippen LogP contribution in [-0.2, 0) is 14.3 Å². The summed E-state index contributed by atoms with van der Waals surface area (Å²) in [6, 6.07) is 14.3. The van der Waals surface area contributed by atoms with Crippen LogP contribution in [0.25, 0.3) is 0 Å². The van der Waals surface area contributed by atoms with Crippen LogP contribution in [0.4, 0.5) is 11.4 Å². The number of rotatable bonds is 6. The quantitative estimate of drug-likeness (QED) is 0.677. The maximum Gasteiger partial charge on any atom is 0.253 e. The molecule has 2 heterocycles. The predicted octanol–water partition coefficient (Wildman–Crippen LogP) is 2.54. The maximum atomic E-state index is 12.6. The van der Waals surface area contributed by atoms with E-state index < -0.39 is 6.10 Å². The van der Waals surface area contributed by atoms with Crippen molar-refractivity contribution in [3.63, 3.8) is 0 Å². The number of piperazine rings is 1. The number of nitrogens with zero attached hydrogens (tertiary/aromatic N) is 2. The van der Waals surface area contributed by atoms with Crippen LogP contribution in [0.2, 0.25) is 5.02 Å². The summed E-state index contributed by atoms with van der Waals surface area (Å²) in [5.41, 5.74) is 1.93. The molecule has 2 saturated heterocycles. The van der Waals surface area contributed by atoms with E-state index in [2.05, 4.69) is 15.5 Å². The lowest BCUT2D eigenvalue weighted by Crippen LogP contribution is -2.51. The molecular weight excluding hydrogens is 444 g/mol. The molecule has 33 heavy (non-hydrogen) atoms. The second-order valence-electron chi connectivity index (χ2n) is 8.10. The lowest BCUT2D eigenvalue weighted by Gasteiger charge is -2.36. The molecule has 8 nitrogen and oxygen atoms in total.